The maximum absolute atomic E-state index is 13.3. The molecule has 2 heterocycles. The van der Waals surface area contributed by atoms with Gasteiger partial charge in [-0.15, -0.1) is 0 Å². The summed E-state index contributed by atoms with van der Waals surface area (Å²) in [6.07, 6.45) is 0.688. The van der Waals surface area contributed by atoms with E-state index in [0.717, 1.165) is 19.6 Å². The van der Waals surface area contributed by atoms with Crippen molar-refractivity contribution >= 4 is 10.0 Å². The molecular weight excluding hydrogens is 360 g/mol. The Kier molecular flexibility index (Phi) is 5.07. The van der Waals surface area contributed by atoms with E-state index in [4.69, 9.17) is 4.74 Å². The first-order valence-corrected chi connectivity index (χ1v) is 10.9. The normalized spacial score (nSPS) is 27.2. The number of likely N-dealkylation sites (tertiary alicyclic amines) is 1. The molecule has 2 fully saturated rings. The van der Waals surface area contributed by atoms with Gasteiger partial charge in [0, 0.05) is 38.5 Å². The fourth-order valence-electron chi connectivity index (χ4n) is 4.37. The lowest BCUT2D eigenvalue weighted by molar-refractivity contribution is -0.129. The predicted octanol–water partition coefficient (Wildman–Crippen LogP) is 2.95. The molecule has 2 aliphatic rings. The number of sulfonamides is 1. The van der Waals surface area contributed by atoms with Gasteiger partial charge in [0.15, 0.2) is 0 Å². The van der Waals surface area contributed by atoms with E-state index in [1.165, 1.54) is 5.56 Å². The Morgan fingerprint density at radius 2 is 1.70 bits per heavy atom. The monoisotopic (exact) mass is 386 g/mol. The van der Waals surface area contributed by atoms with Crippen molar-refractivity contribution in [3.8, 4) is 0 Å². The third-order valence-electron chi connectivity index (χ3n) is 5.74. The van der Waals surface area contributed by atoms with E-state index in [2.05, 4.69) is 36.1 Å². The van der Waals surface area contributed by atoms with Crippen LogP contribution in [0.5, 0.6) is 0 Å². The number of hydrogen-bond donors (Lipinski definition) is 0. The second-order valence-corrected chi connectivity index (χ2v) is 9.32. The molecule has 27 heavy (non-hydrogen) atoms. The smallest absolute Gasteiger partial charge is 0.245 e. The summed E-state index contributed by atoms with van der Waals surface area (Å²) < 4.78 is 34.3. The lowest BCUT2D eigenvalue weighted by Gasteiger charge is -2.47. The Bertz CT molecular complexity index is 873. The van der Waals surface area contributed by atoms with E-state index in [-0.39, 0.29) is 5.92 Å². The van der Waals surface area contributed by atoms with Gasteiger partial charge >= 0.3 is 0 Å². The minimum absolute atomic E-state index is 0.0935. The van der Waals surface area contributed by atoms with Gasteiger partial charge in [0.25, 0.3) is 0 Å². The molecule has 0 radical (unpaired) electrons. The molecule has 1 unspecified atom stereocenters. The van der Waals surface area contributed by atoms with Crippen molar-refractivity contribution in [1.82, 2.24) is 9.21 Å². The van der Waals surface area contributed by atoms with Crippen LogP contribution in [0.1, 0.15) is 18.9 Å². The van der Waals surface area contributed by atoms with Gasteiger partial charge in [-0.25, -0.2) is 8.42 Å². The highest BCUT2D eigenvalue weighted by atomic mass is 32.2. The molecule has 6 heteroatoms. The van der Waals surface area contributed by atoms with Gasteiger partial charge < -0.3 is 4.74 Å². The Labute approximate surface area is 161 Å². The summed E-state index contributed by atoms with van der Waals surface area (Å²) in [6.45, 7) is 5.49. The molecular formula is C21H26N2O3S. The molecule has 0 bridgehead atoms. The van der Waals surface area contributed by atoms with Gasteiger partial charge in [0.1, 0.15) is 5.72 Å². The van der Waals surface area contributed by atoms with Crippen LogP contribution in [-0.2, 0) is 21.3 Å². The van der Waals surface area contributed by atoms with Crippen LogP contribution in [-0.4, -0.2) is 49.6 Å². The maximum atomic E-state index is 13.3. The Hall–Kier alpha value is -1.73. The largest absolute Gasteiger partial charge is 0.358 e. The van der Waals surface area contributed by atoms with E-state index in [1.54, 1.807) is 28.6 Å². The summed E-state index contributed by atoms with van der Waals surface area (Å²) in [4.78, 5) is 2.73. The SMILES string of the molecule is CC1CN(Cc2ccccc2)CC[C@]12OCCN2S(=O)(=O)c1ccccc1. The quantitative estimate of drug-likeness (QED) is 0.811. The van der Waals surface area contributed by atoms with E-state index < -0.39 is 15.7 Å². The zero-order valence-electron chi connectivity index (χ0n) is 15.6. The second-order valence-electron chi connectivity index (χ2n) is 7.46. The van der Waals surface area contributed by atoms with Crippen LogP contribution in [0.25, 0.3) is 0 Å². The van der Waals surface area contributed by atoms with Crippen molar-refractivity contribution < 1.29 is 13.2 Å². The first-order valence-electron chi connectivity index (χ1n) is 9.50. The minimum Gasteiger partial charge on any atom is -0.358 e. The van der Waals surface area contributed by atoms with Gasteiger partial charge in [0.2, 0.25) is 10.0 Å². The lowest BCUT2D eigenvalue weighted by Crippen LogP contribution is -2.59. The van der Waals surface area contributed by atoms with Gasteiger partial charge in [-0.05, 0) is 17.7 Å². The molecule has 2 aromatic rings. The van der Waals surface area contributed by atoms with Gasteiger partial charge in [-0.2, -0.15) is 4.31 Å². The number of benzene rings is 2. The molecule has 5 nitrogen and oxygen atoms in total. The highest BCUT2D eigenvalue weighted by Crippen LogP contribution is 2.41. The highest BCUT2D eigenvalue weighted by molar-refractivity contribution is 7.89. The van der Waals surface area contributed by atoms with E-state index in [0.29, 0.717) is 24.5 Å². The molecule has 2 saturated heterocycles. The molecule has 1 spiro atoms. The molecule has 144 valence electrons. The van der Waals surface area contributed by atoms with E-state index >= 15 is 0 Å². The first-order chi connectivity index (χ1) is 13.0. The van der Waals surface area contributed by atoms with Crippen LogP contribution in [0.3, 0.4) is 0 Å². The summed E-state index contributed by atoms with van der Waals surface area (Å²) in [5.74, 6) is 0.0935. The highest BCUT2D eigenvalue weighted by Gasteiger charge is 2.54. The third kappa shape index (κ3) is 3.43. The fraction of sp³-hybridized carbons (Fsp3) is 0.429. The molecule has 2 atom stereocenters. The fourth-order valence-corrected chi connectivity index (χ4v) is 6.17. The molecule has 0 saturated carbocycles. The first kappa shape index (κ1) is 18.6. The molecule has 2 aliphatic heterocycles. The maximum Gasteiger partial charge on any atom is 0.245 e. The molecule has 0 aromatic heterocycles. The predicted molar refractivity (Wildman–Crippen MR) is 105 cm³/mol. The number of piperidine rings is 1. The van der Waals surface area contributed by atoms with E-state index in [9.17, 15) is 8.42 Å². The summed E-state index contributed by atoms with van der Waals surface area (Å²) in [5, 5.41) is 0. The van der Waals surface area contributed by atoms with Crippen LogP contribution >= 0.6 is 0 Å². The Morgan fingerprint density at radius 1 is 1.04 bits per heavy atom. The number of rotatable bonds is 4. The van der Waals surface area contributed by atoms with Crippen molar-refractivity contribution in [1.29, 1.82) is 0 Å². The standard InChI is InChI=1S/C21H26N2O3S/c1-18-16-22(17-19-8-4-2-5-9-19)13-12-21(18)23(14-15-26-21)27(24,25)20-10-6-3-7-11-20/h2-11,18H,12-17H2,1H3/t18?,21-/m0/s1. The Balaban J connectivity index is 1.54. The number of ether oxygens (including phenoxy) is 1. The van der Waals surface area contributed by atoms with Gasteiger partial charge in [-0.3, -0.25) is 4.90 Å². The average Bonchev–Trinajstić information content (AvgIpc) is 3.12. The summed E-state index contributed by atoms with van der Waals surface area (Å²) in [7, 11) is -3.57. The lowest BCUT2D eigenvalue weighted by atomic mass is 9.89. The van der Waals surface area contributed by atoms with Gasteiger partial charge in [0.05, 0.1) is 11.5 Å². The number of hydrogen-bond acceptors (Lipinski definition) is 4. The molecule has 4 rings (SSSR count). The summed E-state index contributed by atoms with van der Waals surface area (Å²) in [6, 6.07) is 19.1. The van der Waals surface area contributed by atoms with Crippen LogP contribution in [0.15, 0.2) is 65.6 Å². The van der Waals surface area contributed by atoms with Crippen LogP contribution < -0.4 is 0 Å². The topological polar surface area (TPSA) is 49.9 Å². The van der Waals surface area contributed by atoms with Gasteiger partial charge in [-0.1, -0.05) is 55.5 Å². The third-order valence-corrected chi connectivity index (χ3v) is 7.68. The Morgan fingerprint density at radius 3 is 2.37 bits per heavy atom. The minimum atomic E-state index is -3.57. The second kappa shape index (κ2) is 7.36. The van der Waals surface area contributed by atoms with Crippen molar-refractivity contribution in [3.63, 3.8) is 0 Å². The van der Waals surface area contributed by atoms with Crippen molar-refractivity contribution in [2.75, 3.05) is 26.2 Å². The number of nitrogens with zero attached hydrogens (tertiary/aromatic N) is 2. The van der Waals surface area contributed by atoms with Crippen molar-refractivity contribution in [2.45, 2.75) is 30.5 Å². The summed E-state index contributed by atoms with van der Waals surface area (Å²) >= 11 is 0. The van der Waals surface area contributed by atoms with Crippen molar-refractivity contribution in [2.24, 2.45) is 5.92 Å². The molecule has 2 aromatic carbocycles. The molecule has 0 N–H and O–H groups in total. The van der Waals surface area contributed by atoms with Crippen LogP contribution in [0, 0.1) is 5.92 Å². The average molecular weight is 387 g/mol. The zero-order chi connectivity index (χ0) is 18.9. The van der Waals surface area contributed by atoms with E-state index in [1.807, 2.05) is 12.1 Å². The zero-order valence-corrected chi connectivity index (χ0v) is 16.4. The van der Waals surface area contributed by atoms with Crippen molar-refractivity contribution in [3.05, 3.63) is 66.2 Å². The van der Waals surface area contributed by atoms with Crippen LogP contribution in [0.4, 0.5) is 0 Å². The molecule has 0 aliphatic carbocycles. The van der Waals surface area contributed by atoms with Crippen LogP contribution in [0.2, 0.25) is 0 Å². The molecule has 0 amide bonds. The summed E-state index contributed by atoms with van der Waals surface area (Å²) in [5.41, 5.74) is 0.545.